The van der Waals surface area contributed by atoms with E-state index >= 15 is 0 Å². The van der Waals surface area contributed by atoms with Gasteiger partial charge in [0.1, 0.15) is 0 Å². The lowest BCUT2D eigenvalue weighted by atomic mass is 9.92. The van der Waals surface area contributed by atoms with E-state index in [4.69, 9.17) is 0 Å². The standard InChI is InChI=1S/C21H28N4O2S/c1-14-8-15(2)11-25(10-14)12-19-13-28-21(23-19)24-20(27)18-6-4-17(5-7-18)9-22-16(3)26/h4-7,13-15H,8-12H2,1-3H3,(H,22,26)(H,23,24,27). The zero-order chi connectivity index (χ0) is 20.1. The van der Waals surface area contributed by atoms with Crippen molar-refractivity contribution in [2.45, 2.75) is 40.3 Å². The molecule has 7 heteroatoms. The summed E-state index contributed by atoms with van der Waals surface area (Å²) in [6, 6.07) is 7.21. The van der Waals surface area contributed by atoms with Crippen molar-refractivity contribution in [3.63, 3.8) is 0 Å². The molecule has 2 heterocycles. The van der Waals surface area contributed by atoms with Crippen molar-refractivity contribution >= 4 is 28.3 Å². The van der Waals surface area contributed by atoms with Crippen LogP contribution in [0.1, 0.15) is 48.8 Å². The van der Waals surface area contributed by atoms with Gasteiger partial charge < -0.3 is 5.32 Å². The van der Waals surface area contributed by atoms with Crippen molar-refractivity contribution in [3.05, 3.63) is 46.5 Å². The van der Waals surface area contributed by atoms with Gasteiger partial charge >= 0.3 is 0 Å². The van der Waals surface area contributed by atoms with Crippen LogP contribution in [0.15, 0.2) is 29.6 Å². The molecule has 1 fully saturated rings. The molecule has 1 aliphatic heterocycles. The predicted molar refractivity (Wildman–Crippen MR) is 112 cm³/mol. The van der Waals surface area contributed by atoms with E-state index < -0.39 is 0 Å². The number of amides is 2. The molecule has 2 N–H and O–H groups in total. The number of carbonyl (C=O) groups is 2. The summed E-state index contributed by atoms with van der Waals surface area (Å²) in [5.41, 5.74) is 2.53. The number of rotatable bonds is 6. The van der Waals surface area contributed by atoms with E-state index in [-0.39, 0.29) is 11.8 Å². The number of benzene rings is 1. The molecule has 0 saturated carbocycles. The Hall–Kier alpha value is -2.25. The van der Waals surface area contributed by atoms with Crippen LogP contribution in [0.4, 0.5) is 5.13 Å². The molecule has 0 aliphatic carbocycles. The summed E-state index contributed by atoms with van der Waals surface area (Å²) in [4.78, 5) is 30.5. The largest absolute Gasteiger partial charge is 0.352 e. The molecule has 1 aromatic carbocycles. The minimum Gasteiger partial charge on any atom is -0.352 e. The highest BCUT2D eigenvalue weighted by atomic mass is 32.1. The van der Waals surface area contributed by atoms with Crippen LogP contribution < -0.4 is 10.6 Å². The molecule has 150 valence electrons. The molecule has 6 nitrogen and oxygen atoms in total. The van der Waals surface area contributed by atoms with Gasteiger partial charge in [-0.25, -0.2) is 4.98 Å². The molecule has 1 saturated heterocycles. The van der Waals surface area contributed by atoms with Crippen LogP contribution in [-0.2, 0) is 17.9 Å². The van der Waals surface area contributed by atoms with E-state index in [1.807, 2.05) is 17.5 Å². The topological polar surface area (TPSA) is 74.3 Å². The first-order valence-electron chi connectivity index (χ1n) is 9.70. The van der Waals surface area contributed by atoms with E-state index in [2.05, 4.69) is 34.4 Å². The van der Waals surface area contributed by atoms with Gasteiger partial charge in [0, 0.05) is 44.0 Å². The van der Waals surface area contributed by atoms with Crippen molar-refractivity contribution < 1.29 is 9.59 Å². The molecule has 1 aromatic heterocycles. The molecular formula is C21H28N4O2S. The Bertz CT molecular complexity index is 808. The van der Waals surface area contributed by atoms with Gasteiger partial charge in [0.15, 0.2) is 5.13 Å². The second-order valence-corrected chi connectivity index (χ2v) is 8.70. The maximum atomic E-state index is 12.5. The van der Waals surface area contributed by atoms with Gasteiger partial charge in [-0.05, 0) is 36.0 Å². The number of thiazole rings is 1. The summed E-state index contributed by atoms with van der Waals surface area (Å²) in [6.45, 7) is 9.59. The number of aromatic nitrogens is 1. The zero-order valence-corrected chi connectivity index (χ0v) is 17.5. The average molecular weight is 401 g/mol. The highest BCUT2D eigenvalue weighted by Crippen LogP contribution is 2.24. The minimum atomic E-state index is -0.174. The van der Waals surface area contributed by atoms with Gasteiger partial charge in [-0.1, -0.05) is 26.0 Å². The molecule has 2 amide bonds. The van der Waals surface area contributed by atoms with Gasteiger partial charge in [-0.2, -0.15) is 0 Å². The van der Waals surface area contributed by atoms with Crippen molar-refractivity contribution in [2.75, 3.05) is 18.4 Å². The van der Waals surface area contributed by atoms with Crippen LogP contribution in [0.3, 0.4) is 0 Å². The summed E-state index contributed by atoms with van der Waals surface area (Å²) in [7, 11) is 0. The fraction of sp³-hybridized carbons (Fsp3) is 0.476. The lowest BCUT2D eigenvalue weighted by molar-refractivity contribution is -0.119. The number of hydrogen-bond acceptors (Lipinski definition) is 5. The molecule has 0 radical (unpaired) electrons. The third kappa shape index (κ3) is 5.87. The highest BCUT2D eigenvalue weighted by molar-refractivity contribution is 7.13. The second kappa shape index (κ2) is 9.30. The van der Waals surface area contributed by atoms with Crippen molar-refractivity contribution in [1.82, 2.24) is 15.2 Å². The highest BCUT2D eigenvalue weighted by Gasteiger charge is 2.22. The normalized spacial score (nSPS) is 20.0. The van der Waals surface area contributed by atoms with Gasteiger partial charge in [-0.15, -0.1) is 11.3 Å². The Labute approximate surface area is 170 Å². The number of nitrogens with one attached hydrogen (secondary N) is 2. The molecule has 28 heavy (non-hydrogen) atoms. The first-order valence-corrected chi connectivity index (χ1v) is 10.6. The Morgan fingerprint density at radius 1 is 1.18 bits per heavy atom. The number of carbonyl (C=O) groups excluding carboxylic acids is 2. The summed E-state index contributed by atoms with van der Waals surface area (Å²) in [5.74, 6) is 1.19. The fourth-order valence-corrected chi connectivity index (χ4v) is 4.45. The molecular weight excluding hydrogens is 372 g/mol. The van der Waals surface area contributed by atoms with Gasteiger partial charge in [-0.3, -0.25) is 19.8 Å². The summed E-state index contributed by atoms with van der Waals surface area (Å²) in [6.07, 6.45) is 1.29. The van der Waals surface area contributed by atoms with Crippen LogP contribution in [0.5, 0.6) is 0 Å². The van der Waals surface area contributed by atoms with E-state index in [1.165, 1.54) is 24.7 Å². The molecule has 2 aromatic rings. The number of hydrogen-bond donors (Lipinski definition) is 2. The molecule has 3 rings (SSSR count). The van der Waals surface area contributed by atoms with Gasteiger partial charge in [0.2, 0.25) is 5.91 Å². The smallest absolute Gasteiger partial charge is 0.257 e. The third-order valence-electron chi connectivity index (χ3n) is 4.86. The Morgan fingerprint density at radius 2 is 1.86 bits per heavy atom. The van der Waals surface area contributed by atoms with Crippen LogP contribution in [0, 0.1) is 11.8 Å². The summed E-state index contributed by atoms with van der Waals surface area (Å²) < 4.78 is 0. The van der Waals surface area contributed by atoms with E-state index in [1.54, 1.807) is 12.1 Å². The van der Waals surface area contributed by atoms with Crippen molar-refractivity contribution in [1.29, 1.82) is 0 Å². The fourth-order valence-electron chi connectivity index (χ4n) is 3.76. The quantitative estimate of drug-likeness (QED) is 0.778. The number of nitrogens with zero attached hydrogens (tertiary/aromatic N) is 2. The van der Waals surface area contributed by atoms with Crippen LogP contribution in [0.25, 0.3) is 0 Å². The Balaban J connectivity index is 1.54. The summed E-state index contributed by atoms with van der Waals surface area (Å²) >= 11 is 1.46. The molecule has 1 aliphatic rings. The van der Waals surface area contributed by atoms with Gasteiger partial charge in [0.05, 0.1) is 5.69 Å². The third-order valence-corrected chi connectivity index (χ3v) is 5.67. The van der Waals surface area contributed by atoms with E-state index in [9.17, 15) is 9.59 Å². The SMILES string of the molecule is CC(=O)NCc1ccc(C(=O)Nc2nc(CN3CC(C)CC(C)C3)cs2)cc1. The lowest BCUT2D eigenvalue weighted by Crippen LogP contribution is -2.38. The minimum absolute atomic E-state index is 0.0742. The first-order chi connectivity index (χ1) is 13.4. The average Bonchev–Trinajstić information content (AvgIpc) is 3.06. The molecule has 0 spiro atoms. The number of piperidine rings is 1. The van der Waals surface area contributed by atoms with Crippen LogP contribution in [0.2, 0.25) is 0 Å². The number of likely N-dealkylation sites (tertiary alicyclic amines) is 1. The Kier molecular flexibility index (Phi) is 6.80. The van der Waals surface area contributed by atoms with E-state index in [0.717, 1.165) is 42.7 Å². The number of anilines is 1. The van der Waals surface area contributed by atoms with Gasteiger partial charge in [0.25, 0.3) is 5.91 Å². The van der Waals surface area contributed by atoms with Crippen LogP contribution >= 0.6 is 11.3 Å². The molecule has 2 unspecified atom stereocenters. The van der Waals surface area contributed by atoms with Crippen LogP contribution in [-0.4, -0.2) is 34.8 Å². The van der Waals surface area contributed by atoms with Crippen molar-refractivity contribution in [3.8, 4) is 0 Å². The monoisotopic (exact) mass is 400 g/mol. The maximum Gasteiger partial charge on any atom is 0.257 e. The van der Waals surface area contributed by atoms with Crippen molar-refractivity contribution in [2.24, 2.45) is 11.8 Å². The lowest BCUT2D eigenvalue weighted by Gasteiger charge is -2.34. The summed E-state index contributed by atoms with van der Waals surface area (Å²) in [5, 5.41) is 8.27. The first kappa shape index (κ1) is 20.5. The van der Waals surface area contributed by atoms with E-state index in [0.29, 0.717) is 17.2 Å². The maximum absolute atomic E-state index is 12.5. The molecule has 0 bridgehead atoms. The second-order valence-electron chi connectivity index (χ2n) is 7.84. The molecule has 2 atom stereocenters. The zero-order valence-electron chi connectivity index (χ0n) is 16.7. The predicted octanol–water partition coefficient (Wildman–Crippen LogP) is 3.51. The Morgan fingerprint density at radius 3 is 2.50 bits per heavy atom.